The Morgan fingerprint density at radius 1 is 1.05 bits per heavy atom. The van der Waals surface area contributed by atoms with Gasteiger partial charge in [0.1, 0.15) is 0 Å². The van der Waals surface area contributed by atoms with E-state index in [1.54, 1.807) is 0 Å². The first-order valence-corrected chi connectivity index (χ1v) is 7.74. The van der Waals surface area contributed by atoms with Gasteiger partial charge in [0.15, 0.2) is 4.58 Å². The van der Waals surface area contributed by atoms with Crippen molar-refractivity contribution in [3.8, 4) is 0 Å². The molecular weight excluding hydrogens is 322 g/mol. The van der Waals surface area contributed by atoms with Crippen molar-refractivity contribution >= 4 is 23.0 Å². The number of rotatable bonds is 2. The summed E-state index contributed by atoms with van der Waals surface area (Å²) in [6.07, 6.45) is 0. The van der Waals surface area contributed by atoms with Crippen LogP contribution in [-0.4, -0.2) is 22.9 Å². The molecule has 2 aliphatic rings. The molecule has 1 aliphatic carbocycles. The second-order valence-corrected chi connectivity index (χ2v) is 7.93. The van der Waals surface area contributed by atoms with Crippen LogP contribution in [0.2, 0.25) is 5.82 Å². The summed E-state index contributed by atoms with van der Waals surface area (Å²) in [5.74, 6) is -0.538. The Morgan fingerprint density at radius 2 is 1.55 bits per heavy atom. The van der Waals surface area contributed by atoms with E-state index in [2.05, 4.69) is 15.9 Å². The van der Waals surface area contributed by atoms with Crippen molar-refractivity contribution < 1.29 is 13.7 Å². The fourth-order valence-corrected chi connectivity index (χ4v) is 3.71. The van der Waals surface area contributed by atoms with Crippen molar-refractivity contribution in [2.75, 3.05) is 0 Å². The predicted octanol–water partition coefficient (Wildman–Crippen LogP) is 4.31. The number of alkyl halides is 2. The maximum atomic E-state index is 14.7. The van der Waals surface area contributed by atoms with Gasteiger partial charge in [-0.15, -0.1) is 0 Å². The van der Waals surface area contributed by atoms with E-state index < -0.39 is 22.9 Å². The van der Waals surface area contributed by atoms with Crippen LogP contribution in [0.15, 0.2) is 30.3 Å². The zero-order valence-electron chi connectivity index (χ0n) is 12.2. The molecule has 1 heterocycles. The number of hydrogen-bond donors (Lipinski definition) is 0. The number of halogens is 2. The van der Waals surface area contributed by atoms with Gasteiger partial charge in [-0.3, -0.25) is 0 Å². The van der Waals surface area contributed by atoms with Crippen LogP contribution in [0.5, 0.6) is 0 Å². The summed E-state index contributed by atoms with van der Waals surface area (Å²) in [6, 6.07) is 9.69. The Balaban J connectivity index is 1.83. The molecule has 3 atom stereocenters. The summed E-state index contributed by atoms with van der Waals surface area (Å²) in [5, 5.41) is 0. The lowest BCUT2D eigenvalue weighted by Crippen LogP contribution is -2.41. The topological polar surface area (TPSA) is 18.5 Å². The number of benzene rings is 1. The minimum atomic E-state index is -1.45. The first-order valence-electron chi connectivity index (χ1n) is 6.95. The van der Waals surface area contributed by atoms with Crippen molar-refractivity contribution in [3.05, 3.63) is 35.9 Å². The van der Waals surface area contributed by atoms with Gasteiger partial charge in [0.05, 0.1) is 11.2 Å². The third-order valence-electron chi connectivity index (χ3n) is 4.83. The fourth-order valence-electron chi connectivity index (χ4n) is 2.81. The summed E-state index contributed by atoms with van der Waals surface area (Å²) in [4.78, 5) is 0. The van der Waals surface area contributed by atoms with E-state index in [4.69, 9.17) is 9.31 Å². The highest BCUT2D eigenvalue weighted by atomic mass is 79.9. The average molecular weight is 341 g/mol. The Kier molecular flexibility index (Phi) is 3.13. The van der Waals surface area contributed by atoms with Crippen LogP contribution < -0.4 is 0 Å². The van der Waals surface area contributed by atoms with E-state index in [1.807, 2.05) is 58.0 Å². The molecule has 1 saturated heterocycles. The predicted molar refractivity (Wildman–Crippen MR) is 81.8 cm³/mol. The Hall–Kier alpha value is -0.385. The first-order chi connectivity index (χ1) is 9.17. The molecular formula is C15H19BBrFO2. The molecule has 3 unspecified atom stereocenters. The third-order valence-corrected chi connectivity index (χ3v) is 5.85. The molecule has 0 spiro atoms. The highest BCUT2D eigenvalue weighted by Crippen LogP contribution is 2.71. The van der Waals surface area contributed by atoms with Gasteiger partial charge in [-0.25, -0.2) is 4.39 Å². The molecule has 0 aromatic heterocycles. The lowest BCUT2D eigenvalue weighted by Gasteiger charge is -2.32. The standard InChI is InChI=1S/C15H19BBrFO2/c1-13(2)14(3,4)20-16(19-13)12-11(15(12,17)18)10-8-6-5-7-9-10/h5-9,11-12H,1-4H3. The summed E-state index contributed by atoms with van der Waals surface area (Å²) in [7, 11) is -0.519. The lowest BCUT2D eigenvalue weighted by atomic mass is 9.79. The molecule has 1 aromatic carbocycles. The average Bonchev–Trinajstić information content (AvgIpc) is 2.83. The van der Waals surface area contributed by atoms with Gasteiger partial charge in [0.25, 0.3) is 0 Å². The number of hydrogen-bond acceptors (Lipinski definition) is 2. The minimum absolute atomic E-state index is 0.224. The molecule has 0 amide bonds. The van der Waals surface area contributed by atoms with Gasteiger partial charge < -0.3 is 9.31 Å². The second kappa shape index (κ2) is 4.31. The molecule has 1 aliphatic heterocycles. The quantitative estimate of drug-likeness (QED) is 0.590. The zero-order valence-corrected chi connectivity index (χ0v) is 13.8. The maximum Gasteiger partial charge on any atom is 0.466 e. The second-order valence-electron chi connectivity index (χ2n) is 6.71. The molecule has 2 fully saturated rings. The third kappa shape index (κ3) is 2.06. The fraction of sp³-hybridized carbons (Fsp3) is 0.600. The maximum absolute atomic E-state index is 14.7. The molecule has 3 rings (SSSR count). The normalized spacial score (nSPS) is 38.0. The smallest absolute Gasteiger partial charge is 0.403 e. The molecule has 0 radical (unpaired) electrons. The van der Waals surface area contributed by atoms with Crippen LogP contribution in [0.25, 0.3) is 0 Å². The van der Waals surface area contributed by atoms with Gasteiger partial charge in [0.2, 0.25) is 0 Å². The Labute approximate surface area is 128 Å². The van der Waals surface area contributed by atoms with E-state index >= 15 is 0 Å². The molecule has 1 saturated carbocycles. The van der Waals surface area contributed by atoms with Gasteiger partial charge >= 0.3 is 7.12 Å². The van der Waals surface area contributed by atoms with Crippen LogP contribution in [0.4, 0.5) is 4.39 Å². The highest BCUT2D eigenvalue weighted by molar-refractivity contribution is 9.10. The molecule has 108 valence electrons. The van der Waals surface area contributed by atoms with Gasteiger partial charge in [-0.2, -0.15) is 0 Å². The van der Waals surface area contributed by atoms with E-state index in [0.29, 0.717) is 0 Å². The Morgan fingerprint density at radius 3 is 2.05 bits per heavy atom. The van der Waals surface area contributed by atoms with Crippen molar-refractivity contribution in [2.45, 2.75) is 55.2 Å². The first kappa shape index (κ1) is 14.5. The summed E-state index contributed by atoms with van der Waals surface area (Å²) in [6.45, 7) is 7.95. The van der Waals surface area contributed by atoms with Crippen LogP contribution >= 0.6 is 15.9 Å². The molecule has 1 aromatic rings. The van der Waals surface area contributed by atoms with E-state index in [1.165, 1.54) is 0 Å². The Bertz CT molecular complexity index is 502. The molecule has 0 N–H and O–H groups in total. The van der Waals surface area contributed by atoms with Crippen molar-refractivity contribution in [3.63, 3.8) is 0 Å². The van der Waals surface area contributed by atoms with Crippen molar-refractivity contribution in [1.29, 1.82) is 0 Å². The SMILES string of the molecule is CC1(C)OB(C2C(c3ccccc3)C2(F)Br)OC1(C)C. The van der Waals surface area contributed by atoms with Gasteiger partial charge in [0, 0.05) is 11.7 Å². The largest absolute Gasteiger partial charge is 0.466 e. The van der Waals surface area contributed by atoms with Crippen molar-refractivity contribution in [1.82, 2.24) is 0 Å². The van der Waals surface area contributed by atoms with Crippen LogP contribution in [-0.2, 0) is 9.31 Å². The van der Waals surface area contributed by atoms with Gasteiger partial charge in [-0.05, 0) is 49.2 Å². The zero-order chi connectivity index (χ0) is 14.8. The molecule has 2 nitrogen and oxygen atoms in total. The van der Waals surface area contributed by atoms with Crippen molar-refractivity contribution in [2.24, 2.45) is 0 Å². The van der Waals surface area contributed by atoms with E-state index in [0.717, 1.165) is 5.56 Å². The summed E-state index contributed by atoms with van der Waals surface area (Å²) in [5.41, 5.74) is 0.126. The van der Waals surface area contributed by atoms with Crippen LogP contribution in [0.1, 0.15) is 39.2 Å². The van der Waals surface area contributed by atoms with E-state index in [9.17, 15) is 4.39 Å². The summed E-state index contributed by atoms with van der Waals surface area (Å²) >= 11 is 3.21. The lowest BCUT2D eigenvalue weighted by molar-refractivity contribution is 0.00578. The van der Waals surface area contributed by atoms with E-state index in [-0.39, 0.29) is 11.7 Å². The minimum Gasteiger partial charge on any atom is -0.403 e. The monoisotopic (exact) mass is 340 g/mol. The van der Waals surface area contributed by atoms with Crippen LogP contribution in [0, 0.1) is 0 Å². The van der Waals surface area contributed by atoms with Crippen LogP contribution in [0.3, 0.4) is 0 Å². The summed E-state index contributed by atoms with van der Waals surface area (Å²) < 4.78 is 25.2. The highest BCUT2D eigenvalue weighted by Gasteiger charge is 2.74. The molecule has 20 heavy (non-hydrogen) atoms. The molecule has 0 bridgehead atoms. The van der Waals surface area contributed by atoms with Gasteiger partial charge in [-0.1, -0.05) is 30.3 Å². The molecule has 5 heteroatoms.